The highest BCUT2D eigenvalue weighted by Gasteiger charge is 2.04. The van der Waals surface area contributed by atoms with Crippen molar-refractivity contribution in [3.63, 3.8) is 0 Å². The van der Waals surface area contributed by atoms with E-state index in [0.717, 1.165) is 12.3 Å². The Morgan fingerprint density at radius 1 is 1.28 bits per heavy atom. The molecule has 0 aliphatic heterocycles. The molecule has 3 nitrogen and oxygen atoms in total. The molecule has 0 aromatic heterocycles. The summed E-state index contributed by atoms with van der Waals surface area (Å²) >= 11 is 13.3. The summed E-state index contributed by atoms with van der Waals surface area (Å²) < 4.78 is 0. The first-order valence-corrected chi connectivity index (χ1v) is 7.37. The summed E-state index contributed by atoms with van der Waals surface area (Å²) in [5.41, 5.74) is 0.630. The third kappa shape index (κ3) is 6.50. The molecule has 1 amide bonds. The molecule has 0 aliphatic carbocycles. The lowest BCUT2D eigenvalue weighted by atomic mass is 10.3. The molecular formula is C12H16Cl2N2OS. The van der Waals surface area contributed by atoms with Gasteiger partial charge in [-0.3, -0.25) is 4.79 Å². The summed E-state index contributed by atoms with van der Waals surface area (Å²) in [7, 11) is 4.02. The maximum Gasteiger partial charge on any atom is 0.234 e. The molecule has 0 spiro atoms. The number of rotatable bonds is 6. The molecule has 1 aromatic rings. The van der Waals surface area contributed by atoms with Gasteiger partial charge in [0.05, 0.1) is 5.75 Å². The summed E-state index contributed by atoms with van der Waals surface area (Å²) in [5, 5.41) is 3.79. The number of carbonyl (C=O) groups is 1. The molecule has 0 radical (unpaired) electrons. The Bertz CT molecular complexity index is 393. The Labute approximate surface area is 122 Å². The highest BCUT2D eigenvalue weighted by atomic mass is 35.5. The molecule has 6 heteroatoms. The standard InChI is InChI=1S/C12H16Cl2N2OS/c1-16(2)3-4-18-8-12(17)15-11-6-9(13)5-10(14)7-11/h5-7H,3-4,8H2,1-2H3,(H,15,17). The summed E-state index contributed by atoms with van der Waals surface area (Å²) in [6.45, 7) is 0.959. The molecule has 18 heavy (non-hydrogen) atoms. The number of anilines is 1. The van der Waals surface area contributed by atoms with Crippen molar-refractivity contribution in [1.82, 2.24) is 4.90 Å². The van der Waals surface area contributed by atoms with E-state index in [4.69, 9.17) is 23.2 Å². The number of hydrogen-bond donors (Lipinski definition) is 1. The first kappa shape index (κ1) is 15.6. The van der Waals surface area contributed by atoms with E-state index in [9.17, 15) is 4.79 Å². The van der Waals surface area contributed by atoms with Gasteiger partial charge in [0, 0.05) is 28.0 Å². The molecule has 0 bridgehead atoms. The summed E-state index contributed by atoms with van der Waals surface area (Å²) in [4.78, 5) is 13.7. The Hall–Kier alpha value is -0.420. The van der Waals surface area contributed by atoms with Gasteiger partial charge in [-0.25, -0.2) is 0 Å². The van der Waals surface area contributed by atoms with Crippen molar-refractivity contribution >= 4 is 46.6 Å². The second-order valence-corrected chi connectivity index (χ2v) is 6.04. The fourth-order valence-corrected chi connectivity index (χ4v) is 2.66. The molecule has 1 rings (SSSR count). The minimum absolute atomic E-state index is 0.0444. The van der Waals surface area contributed by atoms with Crippen LogP contribution in [-0.4, -0.2) is 43.0 Å². The first-order valence-electron chi connectivity index (χ1n) is 5.46. The van der Waals surface area contributed by atoms with Crippen molar-refractivity contribution in [3.05, 3.63) is 28.2 Å². The quantitative estimate of drug-likeness (QED) is 0.819. The van der Waals surface area contributed by atoms with E-state index in [1.165, 1.54) is 0 Å². The van der Waals surface area contributed by atoms with Crippen molar-refractivity contribution < 1.29 is 4.79 Å². The molecule has 100 valence electrons. The van der Waals surface area contributed by atoms with Crippen molar-refractivity contribution in [2.45, 2.75) is 0 Å². The zero-order valence-corrected chi connectivity index (χ0v) is 12.7. The van der Waals surface area contributed by atoms with Crippen LogP contribution in [0, 0.1) is 0 Å². The number of carbonyl (C=O) groups excluding carboxylic acids is 1. The smallest absolute Gasteiger partial charge is 0.234 e. The monoisotopic (exact) mass is 306 g/mol. The van der Waals surface area contributed by atoms with Gasteiger partial charge in [-0.2, -0.15) is 11.8 Å². The van der Waals surface area contributed by atoms with Crippen LogP contribution in [0.4, 0.5) is 5.69 Å². The Balaban J connectivity index is 2.35. The summed E-state index contributed by atoms with van der Waals surface area (Å²) in [5.74, 6) is 1.31. The van der Waals surface area contributed by atoms with Gasteiger partial charge >= 0.3 is 0 Å². The molecule has 0 saturated heterocycles. The zero-order valence-electron chi connectivity index (χ0n) is 10.4. The van der Waals surface area contributed by atoms with Gasteiger partial charge in [-0.15, -0.1) is 0 Å². The average molecular weight is 307 g/mol. The van der Waals surface area contributed by atoms with E-state index in [2.05, 4.69) is 10.2 Å². The van der Waals surface area contributed by atoms with E-state index in [0.29, 0.717) is 21.5 Å². The lowest BCUT2D eigenvalue weighted by molar-refractivity contribution is -0.113. The number of nitrogens with one attached hydrogen (secondary N) is 1. The van der Waals surface area contributed by atoms with Crippen LogP contribution in [0.1, 0.15) is 0 Å². The lowest BCUT2D eigenvalue weighted by Gasteiger charge is -2.09. The van der Waals surface area contributed by atoms with E-state index in [1.807, 2.05) is 14.1 Å². The zero-order chi connectivity index (χ0) is 13.5. The number of nitrogens with zero attached hydrogens (tertiary/aromatic N) is 1. The normalized spacial score (nSPS) is 10.7. The number of amides is 1. The maximum absolute atomic E-state index is 11.6. The van der Waals surface area contributed by atoms with Gasteiger partial charge in [0.25, 0.3) is 0 Å². The van der Waals surface area contributed by atoms with Crippen molar-refractivity contribution in [2.24, 2.45) is 0 Å². The molecule has 0 unspecified atom stereocenters. The third-order valence-corrected chi connectivity index (χ3v) is 3.44. The molecular weight excluding hydrogens is 291 g/mol. The largest absolute Gasteiger partial charge is 0.325 e. The third-order valence-electron chi connectivity index (χ3n) is 2.06. The highest BCUT2D eigenvalue weighted by Crippen LogP contribution is 2.22. The fraction of sp³-hybridized carbons (Fsp3) is 0.417. The predicted octanol–water partition coefficient (Wildman–Crippen LogP) is 3.23. The Kier molecular flexibility index (Phi) is 6.86. The second kappa shape index (κ2) is 7.89. The molecule has 1 N–H and O–H groups in total. The van der Waals surface area contributed by atoms with Gasteiger partial charge in [0.2, 0.25) is 5.91 Å². The van der Waals surface area contributed by atoms with Crippen molar-refractivity contribution in [3.8, 4) is 0 Å². The van der Waals surface area contributed by atoms with Crippen molar-refractivity contribution in [2.75, 3.05) is 37.5 Å². The van der Waals surface area contributed by atoms with Gasteiger partial charge in [0.15, 0.2) is 0 Å². The number of benzene rings is 1. The van der Waals surface area contributed by atoms with Gasteiger partial charge < -0.3 is 10.2 Å². The van der Waals surface area contributed by atoms with E-state index >= 15 is 0 Å². The summed E-state index contributed by atoms with van der Waals surface area (Å²) in [6.07, 6.45) is 0. The highest BCUT2D eigenvalue weighted by molar-refractivity contribution is 7.99. The van der Waals surface area contributed by atoms with E-state index < -0.39 is 0 Å². The molecule has 1 aromatic carbocycles. The van der Waals surface area contributed by atoms with Gasteiger partial charge in [-0.05, 0) is 32.3 Å². The molecule has 0 fully saturated rings. The SMILES string of the molecule is CN(C)CCSCC(=O)Nc1cc(Cl)cc(Cl)c1. The van der Waals surface area contributed by atoms with Crippen LogP contribution < -0.4 is 5.32 Å². The molecule has 0 saturated carbocycles. The average Bonchev–Trinajstić information content (AvgIpc) is 2.22. The lowest BCUT2D eigenvalue weighted by Crippen LogP contribution is -2.18. The topological polar surface area (TPSA) is 32.3 Å². The van der Waals surface area contributed by atoms with Crippen molar-refractivity contribution in [1.29, 1.82) is 0 Å². The number of thioether (sulfide) groups is 1. The van der Waals surface area contributed by atoms with E-state index in [1.54, 1.807) is 30.0 Å². The van der Waals surface area contributed by atoms with Crippen LogP contribution in [0.3, 0.4) is 0 Å². The van der Waals surface area contributed by atoms with Gasteiger partial charge in [-0.1, -0.05) is 23.2 Å². The summed E-state index contributed by atoms with van der Waals surface area (Å²) in [6, 6.07) is 4.98. The van der Waals surface area contributed by atoms with Gasteiger partial charge in [0.1, 0.15) is 0 Å². The minimum atomic E-state index is -0.0444. The molecule has 0 aliphatic rings. The fourth-order valence-electron chi connectivity index (χ4n) is 1.24. The van der Waals surface area contributed by atoms with Crippen LogP contribution >= 0.6 is 35.0 Å². The van der Waals surface area contributed by atoms with Crippen LogP contribution in [0.15, 0.2) is 18.2 Å². The number of halogens is 2. The maximum atomic E-state index is 11.6. The molecule has 0 atom stereocenters. The predicted molar refractivity (Wildman–Crippen MR) is 81.0 cm³/mol. The minimum Gasteiger partial charge on any atom is -0.325 e. The van der Waals surface area contributed by atoms with Crippen LogP contribution in [0.25, 0.3) is 0 Å². The van der Waals surface area contributed by atoms with Crippen LogP contribution in [-0.2, 0) is 4.79 Å². The van der Waals surface area contributed by atoms with Crippen LogP contribution in [0.2, 0.25) is 10.0 Å². The first-order chi connectivity index (χ1) is 8.47. The Morgan fingerprint density at radius 3 is 2.44 bits per heavy atom. The second-order valence-electron chi connectivity index (χ2n) is 4.06. The number of hydrogen-bond acceptors (Lipinski definition) is 3. The van der Waals surface area contributed by atoms with E-state index in [-0.39, 0.29) is 5.91 Å². The Morgan fingerprint density at radius 2 is 1.89 bits per heavy atom. The van der Waals surface area contributed by atoms with Crippen LogP contribution in [0.5, 0.6) is 0 Å². The molecule has 0 heterocycles.